The Labute approximate surface area is 155 Å². The smallest absolute Gasteiger partial charge is 0.321 e. The third-order valence-corrected chi connectivity index (χ3v) is 4.01. The van der Waals surface area contributed by atoms with Crippen LogP contribution >= 0.6 is 11.8 Å². The number of urea groups is 1. The second-order valence-electron chi connectivity index (χ2n) is 5.71. The summed E-state index contributed by atoms with van der Waals surface area (Å²) < 4.78 is 7.08. The Balaban J connectivity index is 1.97. The number of imide groups is 1. The molecule has 1 aromatic heterocycles. The van der Waals surface area contributed by atoms with Crippen molar-refractivity contribution in [1.29, 1.82) is 0 Å². The summed E-state index contributed by atoms with van der Waals surface area (Å²) in [5.41, 5.74) is 0.678. The van der Waals surface area contributed by atoms with Crippen molar-refractivity contribution in [3.05, 3.63) is 24.3 Å². The number of hydrogen-bond donors (Lipinski definition) is 2. The normalized spacial score (nSPS) is 10.6. The number of tetrazole rings is 1. The number of carbonyl (C=O) groups excluding carboxylic acids is 2. The summed E-state index contributed by atoms with van der Waals surface area (Å²) in [5, 5.41) is 16.9. The minimum absolute atomic E-state index is 0.00622. The Morgan fingerprint density at radius 3 is 2.81 bits per heavy atom. The van der Waals surface area contributed by atoms with Crippen LogP contribution in [0.5, 0.6) is 5.75 Å². The maximum absolute atomic E-state index is 11.9. The molecule has 1 aromatic carbocycles. The Hall–Kier alpha value is -2.62. The molecule has 10 heteroatoms. The molecule has 0 aliphatic heterocycles. The van der Waals surface area contributed by atoms with Crippen molar-refractivity contribution in [3.8, 4) is 11.4 Å². The summed E-state index contributed by atoms with van der Waals surface area (Å²) in [6.07, 6.45) is 0. The molecule has 9 nitrogen and oxygen atoms in total. The van der Waals surface area contributed by atoms with E-state index >= 15 is 0 Å². The van der Waals surface area contributed by atoms with E-state index in [2.05, 4.69) is 26.2 Å². The van der Waals surface area contributed by atoms with Crippen LogP contribution in [0.1, 0.15) is 20.8 Å². The second-order valence-corrected chi connectivity index (χ2v) is 6.66. The first-order valence-electron chi connectivity index (χ1n) is 8.22. The Kier molecular flexibility index (Phi) is 7.39. The lowest BCUT2D eigenvalue weighted by Crippen LogP contribution is -2.41. The van der Waals surface area contributed by atoms with Gasteiger partial charge < -0.3 is 10.1 Å². The van der Waals surface area contributed by atoms with Crippen LogP contribution in [0.3, 0.4) is 0 Å². The van der Waals surface area contributed by atoms with Gasteiger partial charge in [0.05, 0.1) is 12.4 Å². The summed E-state index contributed by atoms with van der Waals surface area (Å²) in [4.78, 5) is 23.5. The molecule has 0 bridgehead atoms. The molecule has 140 valence electrons. The number of carbonyl (C=O) groups is 2. The number of nitrogens with zero attached hydrogens (tertiary/aromatic N) is 4. The van der Waals surface area contributed by atoms with Crippen molar-refractivity contribution in [2.45, 2.75) is 25.9 Å². The van der Waals surface area contributed by atoms with Crippen molar-refractivity contribution in [3.63, 3.8) is 0 Å². The third kappa shape index (κ3) is 5.73. The Morgan fingerprint density at radius 2 is 2.08 bits per heavy atom. The van der Waals surface area contributed by atoms with Crippen molar-refractivity contribution in [2.75, 3.05) is 18.9 Å². The predicted octanol–water partition coefficient (Wildman–Crippen LogP) is 1.63. The molecule has 2 aromatic rings. The number of benzene rings is 1. The monoisotopic (exact) mass is 378 g/mol. The summed E-state index contributed by atoms with van der Waals surface area (Å²) in [6, 6.07) is 6.84. The van der Waals surface area contributed by atoms with E-state index in [1.54, 1.807) is 0 Å². The number of rotatable bonds is 8. The van der Waals surface area contributed by atoms with Gasteiger partial charge in [0.15, 0.2) is 0 Å². The molecular weight excluding hydrogens is 356 g/mol. The van der Waals surface area contributed by atoms with Gasteiger partial charge in [-0.1, -0.05) is 37.7 Å². The maximum Gasteiger partial charge on any atom is 0.321 e. The van der Waals surface area contributed by atoms with Crippen LogP contribution in [-0.4, -0.2) is 51.1 Å². The van der Waals surface area contributed by atoms with Crippen molar-refractivity contribution in [1.82, 2.24) is 30.8 Å². The molecule has 0 unspecified atom stereocenters. The highest BCUT2D eigenvalue weighted by Gasteiger charge is 2.15. The molecule has 0 aliphatic rings. The maximum atomic E-state index is 11.9. The van der Waals surface area contributed by atoms with Crippen LogP contribution in [0.15, 0.2) is 29.4 Å². The molecule has 26 heavy (non-hydrogen) atoms. The minimum Gasteiger partial charge on any atom is -0.492 e. The van der Waals surface area contributed by atoms with Gasteiger partial charge >= 0.3 is 6.03 Å². The summed E-state index contributed by atoms with van der Waals surface area (Å²) in [5.74, 6) is 0.526. The zero-order valence-electron chi connectivity index (χ0n) is 14.9. The van der Waals surface area contributed by atoms with Crippen molar-refractivity contribution >= 4 is 23.7 Å². The average Bonchev–Trinajstić information content (AvgIpc) is 3.07. The molecule has 3 amide bonds. The van der Waals surface area contributed by atoms with Crippen molar-refractivity contribution in [2.24, 2.45) is 5.92 Å². The first-order valence-corrected chi connectivity index (χ1v) is 9.20. The lowest BCUT2D eigenvalue weighted by Gasteiger charge is -2.10. The largest absolute Gasteiger partial charge is 0.492 e. The molecule has 0 radical (unpaired) electrons. The quantitative estimate of drug-likeness (QED) is 0.672. The topological polar surface area (TPSA) is 111 Å². The van der Waals surface area contributed by atoms with Gasteiger partial charge in [-0.2, -0.15) is 4.68 Å². The van der Waals surface area contributed by atoms with E-state index in [1.807, 2.05) is 45.0 Å². The van der Waals surface area contributed by atoms with Crippen LogP contribution in [0, 0.1) is 5.92 Å². The molecule has 0 fully saturated rings. The van der Waals surface area contributed by atoms with E-state index < -0.39 is 11.9 Å². The third-order valence-electron chi connectivity index (χ3n) is 3.09. The van der Waals surface area contributed by atoms with Crippen LogP contribution < -0.4 is 15.4 Å². The standard InChI is InChI=1S/C16H22N6O3S/c1-4-25-13-8-6-5-7-12(13)22-16(19-20-21-22)26-10-14(23)18-15(24)17-9-11(2)3/h5-8,11H,4,9-10H2,1-3H3,(H2,17,18,23,24). The fraction of sp³-hybridized carbons (Fsp3) is 0.438. The van der Waals surface area contributed by atoms with E-state index in [9.17, 15) is 9.59 Å². The first kappa shape index (κ1) is 19.7. The summed E-state index contributed by atoms with van der Waals surface area (Å²) >= 11 is 1.13. The highest BCUT2D eigenvalue weighted by molar-refractivity contribution is 7.99. The number of aromatic nitrogens is 4. The highest BCUT2D eigenvalue weighted by atomic mass is 32.2. The zero-order valence-corrected chi connectivity index (χ0v) is 15.7. The van der Waals surface area contributed by atoms with Gasteiger partial charge in [0, 0.05) is 6.54 Å². The van der Waals surface area contributed by atoms with Gasteiger partial charge in [-0.3, -0.25) is 10.1 Å². The molecular formula is C16H22N6O3S. The van der Waals surface area contributed by atoms with Gasteiger partial charge in [0.1, 0.15) is 11.4 Å². The van der Waals surface area contributed by atoms with Gasteiger partial charge in [-0.25, -0.2) is 4.79 Å². The van der Waals surface area contributed by atoms with Crippen LogP contribution in [-0.2, 0) is 4.79 Å². The number of nitrogens with one attached hydrogen (secondary N) is 2. The molecule has 0 atom stereocenters. The number of hydrogen-bond acceptors (Lipinski definition) is 7. The fourth-order valence-electron chi connectivity index (χ4n) is 1.96. The number of amides is 3. The van der Waals surface area contributed by atoms with E-state index in [-0.39, 0.29) is 5.75 Å². The zero-order chi connectivity index (χ0) is 18.9. The molecule has 1 heterocycles. The summed E-state index contributed by atoms with van der Waals surface area (Å²) in [7, 11) is 0. The van der Waals surface area contributed by atoms with Crippen LogP contribution in [0.2, 0.25) is 0 Å². The summed E-state index contributed by atoms with van der Waals surface area (Å²) in [6.45, 7) is 6.84. The van der Waals surface area contributed by atoms with E-state index in [0.29, 0.717) is 35.7 Å². The number of para-hydroxylation sites is 2. The highest BCUT2D eigenvalue weighted by Crippen LogP contribution is 2.25. The van der Waals surface area contributed by atoms with Crippen molar-refractivity contribution < 1.29 is 14.3 Å². The molecule has 2 rings (SSSR count). The molecule has 0 saturated carbocycles. The SMILES string of the molecule is CCOc1ccccc1-n1nnnc1SCC(=O)NC(=O)NCC(C)C. The molecule has 0 spiro atoms. The number of ether oxygens (including phenoxy) is 1. The lowest BCUT2D eigenvalue weighted by molar-refractivity contribution is -0.117. The molecule has 0 saturated heterocycles. The second kappa shape index (κ2) is 9.76. The van der Waals surface area contributed by atoms with Gasteiger partial charge in [-0.05, 0) is 35.4 Å². The molecule has 2 N–H and O–H groups in total. The fourth-order valence-corrected chi connectivity index (χ4v) is 2.65. The first-order chi connectivity index (χ1) is 12.5. The van der Waals surface area contributed by atoms with E-state index in [0.717, 1.165) is 11.8 Å². The Morgan fingerprint density at radius 1 is 1.31 bits per heavy atom. The minimum atomic E-state index is -0.509. The lowest BCUT2D eigenvalue weighted by atomic mass is 10.2. The van der Waals surface area contributed by atoms with Crippen LogP contribution in [0.4, 0.5) is 4.79 Å². The van der Waals surface area contributed by atoms with E-state index in [1.165, 1.54) is 4.68 Å². The van der Waals surface area contributed by atoms with E-state index in [4.69, 9.17) is 4.74 Å². The number of thioether (sulfide) groups is 1. The van der Waals surface area contributed by atoms with Gasteiger partial charge in [0.25, 0.3) is 0 Å². The van der Waals surface area contributed by atoms with Gasteiger partial charge in [0.2, 0.25) is 11.1 Å². The van der Waals surface area contributed by atoms with Crippen LogP contribution in [0.25, 0.3) is 5.69 Å². The van der Waals surface area contributed by atoms with Gasteiger partial charge in [-0.15, -0.1) is 5.10 Å². The Bertz CT molecular complexity index is 749. The predicted molar refractivity (Wildman–Crippen MR) is 97.4 cm³/mol. The average molecular weight is 378 g/mol. The molecule has 0 aliphatic carbocycles.